The van der Waals surface area contributed by atoms with Crippen LogP contribution < -0.4 is 5.32 Å². The van der Waals surface area contributed by atoms with Gasteiger partial charge in [-0.1, -0.05) is 13.3 Å². The summed E-state index contributed by atoms with van der Waals surface area (Å²) in [5.74, 6) is 1.36. The lowest BCUT2D eigenvalue weighted by molar-refractivity contribution is 0.0459. The van der Waals surface area contributed by atoms with Gasteiger partial charge in [-0.05, 0) is 44.9 Å². The molecule has 2 bridgehead atoms. The highest BCUT2D eigenvalue weighted by Crippen LogP contribution is 2.34. The van der Waals surface area contributed by atoms with E-state index in [1.807, 2.05) is 0 Å². The quantitative estimate of drug-likeness (QED) is 0.815. The summed E-state index contributed by atoms with van der Waals surface area (Å²) in [4.78, 5) is 2.66. The third kappa shape index (κ3) is 2.52. The molecule has 3 rings (SSSR count). The maximum atomic E-state index is 3.97. The van der Waals surface area contributed by atoms with E-state index < -0.39 is 0 Å². The fraction of sp³-hybridized carbons (Fsp3) is 1.00. The van der Waals surface area contributed by atoms with E-state index in [0.29, 0.717) is 0 Å². The van der Waals surface area contributed by atoms with Crippen molar-refractivity contribution >= 4 is 11.8 Å². The van der Waals surface area contributed by atoms with E-state index in [2.05, 4.69) is 35.9 Å². The molecule has 3 fully saturated rings. The molecule has 2 nitrogen and oxygen atoms in total. The second-order valence-corrected chi connectivity index (χ2v) is 7.70. The predicted molar refractivity (Wildman–Crippen MR) is 75.7 cm³/mol. The van der Waals surface area contributed by atoms with Gasteiger partial charge in [-0.25, -0.2) is 0 Å². The molecule has 0 radical (unpaired) electrons. The zero-order valence-corrected chi connectivity index (χ0v) is 12.0. The van der Waals surface area contributed by atoms with Gasteiger partial charge in [0.2, 0.25) is 0 Å². The molecule has 3 saturated heterocycles. The van der Waals surface area contributed by atoms with Crippen LogP contribution in [0.4, 0.5) is 0 Å². The molecule has 3 heteroatoms. The summed E-state index contributed by atoms with van der Waals surface area (Å²) in [5, 5.41) is 4.80. The Bertz CT molecular complexity index is 257. The third-order valence-corrected chi connectivity index (χ3v) is 6.49. The van der Waals surface area contributed by atoms with Crippen LogP contribution in [0.5, 0.6) is 0 Å². The van der Waals surface area contributed by atoms with Crippen LogP contribution in [0.2, 0.25) is 0 Å². The van der Waals surface area contributed by atoms with Crippen molar-refractivity contribution in [2.75, 3.05) is 12.8 Å². The number of nitrogens with zero attached hydrogens (tertiary/aromatic N) is 1. The molecule has 0 aromatic rings. The smallest absolute Gasteiger partial charge is 0.0194 e. The Morgan fingerprint density at radius 2 is 1.82 bits per heavy atom. The Hall–Kier alpha value is 0.270. The minimum absolute atomic E-state index is 0.786. The molecule has 0 spiro atoms. The van der Waals surface area contributed by atoms with Crippen LogP contribution >= 0.6 is 11.8 Å². The Morgan fingerprint density at radius 3 is 2.41 bits per heavy atom. The first-order valence-electron chi connectivity index (χ1n) is 7.33. The summed E-state index contributed by atoms with van der Waals surface area (Å²) in [5.41, 5.74) is 0. The lowest BCUT2D eigenvalue weighted by atomic mass is 9.82. The minimum Gasteiger partial charge on any atom is -0.310 e. The average molecular weight is 254 g/mol. The minimum atomic E-state index is 0.786. The second kappa shape index (κ2) is 5.10. The number of nitrogens with one attached hydrogen (secondary N) is 1. The largest absolute Gasteiger partial charge is 0.310 e. The monoisotopic (exact) mass is 254 g/mol. The summed E-state index contributed by atoms with van der Waals surface area (Å²) >= 11 is 2.14. The molecular weight excluding hydrogens is 228 g/mol. The van der Waals surface area contributed by atoms with Crippen LogP contribution in [-0.2, 0) is 0 Å². The van der Waals surface area contributed by atoms with E-state index in [1.165, 1.54) is 44.3 Å². The predicted octanol–water partition coefficient (Wildman–Crippen LogP) is 2.49. The van der Waals surface area contributed by atoms with E-state index in [9.17, 15) is 0 Å². The molecule has 4 atom stereocenters. The van der Waals surface area contributed by atoms with Gasteiger partial charge in [0.25, 0.3) is 0 Å². The Labute approximate surface area is 110 Å². The van der Waals surface area contributed by atoms with Gasteiger partial charge in [0, 0.05) is 29.4 Å². The van der Waals surface area contributed by atoms with Gasteiger partial charge in [0.1, 0.15) is 0 Å². The Kier molecular flexibility index (Phi) is 3.69. The molecule has 3 aliphatic heterocycles. The van der Waals surface area contributed by atoms with Crippen LogP contribution in [-0.4, -0.2) is 47.1 Å². The summed E-state index contributed by atoms with van der Waals surface area (Å²) < 4.78 is 0. The number of hydrogen-bond donors (Lipinski definition) is 1. The van der Waals surface area contributed by atoms with E-state index in [4.69, 9.17) is 0 Å². The van der Waals surface area contributed by atoms with Gasteiger partial charge >= 0.3 is 0 Å². The van der Waals surface area contributed by atoms with Crippen molar-refractivity contribution in [1.29, 1.82) is 0 Å². The van der Waals surface area contributed by atoms with Crippen LogP contribution in [0.3, 0.4) is 0 Å². The first-order valence-corrected chi connectivity index (χ1v) is 8.38. The Balaban J connectivity index is 1.58. The van der Waals surface area contributed by atoms with Gasteiger partial charge < -0.3 is 10.2 Å². The zero-order chi connectivity index (χ0) is 11.8. The molecular formula is C14H26N2S. The van der Waals surface area contributed by atoms with Gasteiger partial charge in [0.15, 0.2) is 0 Å². The van der Waals surface area contributed by atoms with E-state index in [1.54, 1.807) is 0 Å². The molecule has 0 saturated carbocycles. The topological polar surface area (TPSA) is 15.3 Å². The molecule has 0 aliphatic carbocycles. The van der Waals surface area contributed by atoms with Gasteiger partial charge in [-0.2, -0.15) is 11.8 Å². The number of thioether (sulfide) groups is 1. The molecule has 17 heavy (non-hydrogen) atoms. The molecule has 0 aromatic heterocycles. The van der Waals surface area contributed by atoms with E-state index in [-0.39, 0.29) is 0 Å². The molecule has 3 heterocycles. The van der Waals surface area contributed by atoms with Crippen molar-refractivity contribution in [2.24, 2.45) is 0 Å². The second-order valence-electron chi connectivity index (χ2n) is 6.21. The van der Waals surface area contributed by atoms with Crippen LogP contribution in [0.1, 0.15) is 45.4 Å². The average Bonchev–Trinajstić information content (AvgIpc) is 2.66. The molecule has 0 amide bonds. The highest BCUT2D eigenvalue weighted by molar-refractivity contribution is 8.00. The number of hydrogen-bond acceptors (Lipinski definition) is 3. The van der Waals surface area contributed by atoms with Crippen molar-refractivity contribution in [1.82, 2.24) is 10.2 Å². The standard InChI is InChI=1S/C14H26N2S/c1-10-14(6-7-17-10)15-11-8-12-4-3-5-13(9-11)16(12)2/h10-15H,3-9H2,1-2H3. The van der Waals surface area contributed by atoms with Gasteiger partial charge in [0.05, 0.1) is 0 Å². The molecule has 4 unspecified atom stereocenters. The van der Waals surface area contributed by atoms with Crippen LogP contribution in [0.15, 0.2) is 0 Å². The number of rotatable bonds is 2. The van der Waals surface area contributed by atoms with Crippen molar-refractivity contribution in [3.05, 3.63) is 0 Å². The van der Waals surface area contributed by atoms with Crippen molar-refractivity contribution in [3.63, 3.8) is 0 Å². The van der Waals surface area contributed by atoms with Crippen molar-refractivity contribution < 1.29 is 0 Å². The van der Waals surface area contributed by atoms with E-state index >= 15 is 0 Å². The van der Waals surface area contributed by atoms with Crippen LogP contribution in [0, 0.1) is 0 Å². The summed E-state index contributed by atoms with van der Waals surface area (Å²) in [6, 6.07) is 3.32. The van der Waals surface area contributed by atoms with Gasteiger partial charge in [-0.3, -0.25) is 0 Å². The van der Waals surface area contributed by atoms with E-state index in [0.717, 1.165) is 29.4 Å². The normalized spacial score (nSPS) is 47.3. The summed E-state index contributed by atoms with van der Waals surface area (Å²) in [7, 11) is 2.35. The van der Waals surface area contributed by atoms with Crippen molar-refractivity contribution in [2.45, 2.75) is 74.9 Å². The van der Waals surface area contributed by atoms with Crippen LogP contribution in [0.25, 0.3) is 0 Å². The molecule has 0 aromatic carbocycles. The maximum absolute atomic E-state index is 3.97. The summed E-state index contributed by atoms with van der Waals surface area (Å²) in [6.45, 7) is 2.39. The first kappa shape index (κ1) is 12.3. The number of fused-ring (bicyclic) bond motifs is 2. The van der Waals surface area contributed by atoms with Gasteiger partial charge in [-0.15, -0.1) is 0 Å². The summed E-state index contributed by atoms with van der Waals surface area (Å²) in [6.07, 6.45) is 8.48. The zero-order valence-electron chi connectivity index (χ0n) is 11.2. The molecule has 1 N–H and O–H groups in total. The highest BCUT2D eigenvalue weighted by atomic mass is 32.2. The lowest BCUT2D eigenvalue weighted by Crippen LogP contribution is -2.56. The molecule has 3 aliphatic rings. The first-order chi connectivity index (χ1) is 8.24. The Morgan fingerprint density at radius 1 is 1.12 bits per heavy atom. The number of piperidine rings is 2. The fourth-order valence-electron chi connectivity index (χ4n) is 4.01. The SMILES string of the molecule is CC1SCCC1NC1CC2CCCC(C1)N2C. The lowest BCUT2D eigenvalue weighted by Gasteiger charge is -2.48. The molecule has 98 valence electrons. The maximum Gasteiger partial charge on any atom is 0.0194 e. The third-order valence-electron chi connectivity index (χ3n) is 5.17. The fourth-order valence-corrected chi connectivity index (χ4v) is 5.21. The van der Waals surface area contributed by atoms with Crippen molar-refractivity contribution in [3.8, 4) is 0 Å². The highest BCUT2D eigenvalue weighted by Gasteiger charge is 2.37.